The summed E-state index contributed by atoms with van der Waals surface area (Å²) in [6.07, 6.45) is 6.16. The van der Waals surface area contributed by atoms with Crippen molar-refractivity contribution in [2.24, 2.45) is 0 Å². The molecule has 2 amide bonds. The standard InChI is InChI=1S/C23H30N2O2S/c1-17-8-6-9-19(14-17)23(11-4-3-5-12-23)16-24-22(27)15-20(25-18(2)26)21-10-7-13-28-21/h6-10,13-14,20H,3-5,11-12,15-16H2,1-2H3,(H,24,27)(H,25,26). The lowest BCUT2D eigenvalue weighted by Crippen LogP contribution is -2.43. The first-order valence-electron chi connectivity index (χ1n) is 10.1. The van der Waals surface area contributed by atoms with Crippen LogP contribution in [-0.4, -0.2) is 18.4 Å². The molecular weight excluding hydrogens is 368 g/mol. The first-order chi connectivity index (χ1) is 13.5. The average Bonchev–Trinajstić information content (AvgIpc) is 3.21. The topological polar surface area (TPSA) is 58.2 Å². The zero-order chi connectivity index (χ0) is 20.0. The third-order valence-corrected chi connectivity index (χ3v) is 6.70. The van der Waals surface area contributed by atoms with Gasteiger partial charge in [0, 0.05) is 23.8 Å². The molecule has 1 saturated carbocycles. The van der Waals surface area contributed by atoms with Crippen molar-refractivity contribution in [2.45, 2.75) is 63.8 Å². The van der Waals surface area contributed by atoms with E-state index < -0.39 is 0 Å². The molecule has 28 heavy (non-hydrogen) atoms. The molecule has 1 aliphatic carbocycles. The number of rotatable bonds is 7. The lowest BCUT2D eigenvalue weighted by molar-refractivity contribution is -0.123. The van der Waals surface area contributed by atoms with Crippen LogP contribution in [0.1, 0.15) is 67.5 Å². The molecular formula is C23H30N2O2S. The summed E-state index contributed by atoms with van der Waals surface area (Å²) < 4.78 is 0. The van der Waals surface area contributed by atoms with Gasteiger partial charge in [-0.25, -0.2) is 0 Å². The normalized spacial score (nSPS) is 16.9. The summed E-state index contributed by atoms with van der Waals surface area (Å²) in [7, 11) is 0. The third-order valence-electron chi connectivity index (χ3n) is 5.72. The highest BCUT2D eigenvalue weighted by Crippen LogP contribution is 2.39. The van der Waals surface area contributed by atoms with Crippen molar-refractivity contribution >= 4 is 23.2 Å². The Morgan fingerprint density at radius 1 is 1.14 bits per heavy atom. The molecule has 2 aromatic rings. The van der Waals surface area contributed by atoms with Crippen LogP contribution >= 0.6 is 11.3 Å². The van der Waals surface area contributed by atoms with Crippen LogP contribution in [0.3, 0.4) is 0 Å². The van der Waals surface area contributed by atoms with Gasteiger partial charge in [-0.15, -0.1) is 11.3 Å². The summed E-state index contributed by atoms with van der Waals surface area (Å²) in [5.74, 6) is -0.125. The highest BCUT2D eigenvalue weighted by molar-refractivity contribution is 7.10. The molecule has 1 atom stereocenters. The molecule has 4 nitrogen and oxygen atoms in total. The van der Waals surface area contributed by atoms with Crippen molar-refractivity contribution in [1.29, 1.82) is 0 Å². The minimum absolute atomic E-state index is 0.00949. The molecule has 1 aromatic heterocycles. The van der Waals surface area contributed by atoms with Crippen LogP contribution in [-0.2, 0) is 15.0 Å². The van der Waals surface area contributed by atoms with E-state index in [1.54, 1.807) is 11.3 Å². The Hall–Kier alpha value is -2.14. The van der Waals surface area contributed by atoms with Crippen LogP contribution in [0, 0.1) is 6.92 Å². The van der Waals surface area contributed by atoms with Gasteiger partial charge in [0.1, 0.15) is 0 Å². The Bertz CT molecular complexity index is 795. The van der Waals surface area contributed by atoms with Crippen LogP contribution < -0.4 is 10.6 Å². The molecule has 0 spiro atoms. The fourth-order valence-electron chi connectivity index (χ4n) is 4.25. The number of thiophene rings is 1. The monoisotopic (exact) mass is 398 g/mol. The van der Waals surface area contributed by atoms with E-state index in [0.29, 0.717) is 6.54 Å². The third kappa shape index (κ3) is 5.22. The average molecular weight is 399 g/mol. The van der Waals surface area contributed by atoms with E-state index in [4.69, 9.17) is 0 Å². The summed E-state index contributed by atoms with van der Waals surface area (Å²) in [6.45, 7) is 4.28. The van der Waals surface area contributed by atoms with Gasteiger partial charge >= 0.3 is 0 Å². The second-order valence-corrected chi connectivity index (χ2v) is 8.94. The van der Waals surface area contributed by atoms with E-state index in [0.717, 1.165) is 17.7 Å². The summed E-state index contributed by atoms with van der Waals surface area (Å²) in [4.78, 5) is 25.3. The molecule has 0 radical (unpaired) electrons. The van der Waals surface area contributed by atoms with Gasteiger partial charge in [-0.05, 0) is 36.8 Å². The summed E-state index contributed by atoms with van der Waals surface area (Å²) in [5, 5.41) is 8.07. The molecule has 0 aliphatic heterocycles. The van der Waals surface area contributed by atoms with Gasteiger partial charge in [-0.3, -0.25) is 9.59 Å². The first-order valence-corrected chi connectivity index (χ1v) is 11.0. The predicted molar refractivity (Wildman–Crippen MR) is 114 cm³/mol. The quantitative estimate of drug-likeness (QED) is 0.714. The van der Waals surface area contributed by atoms with Crippen LogP contribution in [0.2, 0.25) is 0 Å². The molecule has 1 aromatic carbocycles. The summed E-state index contributed by atoms with van der Waals surface area (Å²) >= 11 is 1.56. The van der Waals surface area contributed by atoms with Crippen molar-refractivity contribution in [3.8, 4) is 0 Å². The zero-order valence-corrected chi connectivity index (χ0v) is 17.6. The van der Waals surface area contributed by atoms with Crippen LogP contribution in [0.4, 0.5) is 0 Å². The number of hydrogen-bond donors (Lipinski definition) is 2. The van der Waals surface area contributed by atoms with E-state index in [1.807, 2.05) is 17.5 Å². The molecule has 1 aliphatic rings. The van der Waals surface area contributed by atoms with E-state index >= 15 is 0 Å². The van der Waals surface area contributed by atoms with Gasteiger partial charge in [-0.2, -0.15) is 0 Å². The van der Waals surface area contributed by atoms with Crippen LogP contribution in [0.25, 0.3) is 0 Å². The highest BCUT2D eigenvalue weighted by atomic mass is 32.1. The number of carbonyl (C=O) groups excluding carboxylic acids is 2. The van der Waals surface area contributed by atoms with E-state index in [-0.39, 0.29) is 29.7 Å². The fourth-order valence-corrected chi connectivity index (χ4v) is 5.03. The molecule has 1 heterocycles. The maximum absolute atomic E-state index is 12.8. The molecule has 5 heteroatoms. The molecule has 2 N–H and O–H groups in total. The minimum Gasteiger partial charge on any atom is -0.355 e. The van der Waals surface area contributed by atoms with E-state index in [1.165, 1.54) is 37.3 Å². The van der Waals surface area contributed by atoms with Crippen LogP contribution in [0.15, 0.2) is 41.8 Å². The van der Waals surface area contributed by atoms with E-state index in [9.17, 15) is 9.59 Å². The van der Waals surface area contributed by atoms with Crippen LogP contribution in [0.5, 0.6) is 0 Å². The Balaban J connectivity index is 1.68. The van der Waals surface area contributed by atoms with Crippen molar-refractivity contribution < 1.29 is 9.59 Å². The Morgan fingerprint density at radius 2 is 1.93 bits per heavy atom. The zero-order valence-electron chi connectivity index (χ0n) is 16.8. The molecule has 1 fully saturated rings. The van der Waals surface area contributed by atoms with Gasteiger partial charge in [0.05, 0.1) is 12.5 Å². The number of nitrogens with one attached hydrogen (secondary N) is 2. The summed E-state index contributed by atoms with van der Waals surface area (Å²) in [6, 6.07) is 12.4. The number of carbonyl (C=O) groups is 2. The first kappa shape index (κ1) is 20.6. The fraction of sp³-hybridized carbons (Fsp3) is 0.478. The van der Waals surface area contributed by atoms with Gasteiger partial charge in [0.25, 0.3) is 0 Å². The van der Waals surface area contributed by atoms with Crippen molar-refractivity contribution in [3.63, 3.8) is 0 Å². The van der Waals surface area contributed by atoms with Gasteiger partial charge in [0.2, 0.25) is 11.8 Å². The lowest BCUT2D eigenvalue weighted by atomic mass is 9.69. The number of amides is 2. The predicted octanol–water partition coefficient (Wildman–Crippen LogP) is 4.64. The molecule has 0 bridgehead atoms. The Morgan fingerprint density at radius 3 is 2.57 bits per heavy atom. The second-order valence-electron chi connectivity index (χ2n) is 7.96. The molecule has 0 saturated heterocycles. The highest BCUT2D eigenvalue weighted by Gasteiger charge is 2.34. The van der Waals surface area contributed by atoms with Gasteiger partial charge < -0.3 is 10.6 Å². The van der Waals surface area contributed by atoms with Gasteiger partial charge in [0.15, 0.2) is 0 Å². The largest absolute Gasteiger partial charge is 0.355 e. The van der Waals surface area contributed by atoms with E-state index in [2.05, 4.69) is 41.8 Å². The summed E-state index contributed by atoms with van der Waals surface area (Å²) in [5.41, 5.74) is 2.62. The number of hydrogen-bond acceptors (Lipinski definition) is 3. The Labute approximate surface area is 171 Å². The number of benzene rings is 1. The van der Waals surface area contributed by atoms with Crippen molar-refractivity contribution in [3.05, 3.63) is 57.8 Å². The Kier molecular flexibility index (Phi) is 6.89. The molecule has 1 unspecified atom stereocenters. The second kappa shape index (κ2) is 9.37. The lowest BCUT2D eigenvalue weighted by Gasteiger charge is -2.38. The SMILES string of the molecule is CC(=O)NC(CC(=O)NCC1(c2cccc(C)c2)CCCCC1)c1cccs1. The molecule has 3 rings (SSSR count). The van der Waals surface area contributed by atoms with Gasteiger partial charge in [-0.1, -0.05) is 55.2 Å². The van der Waals surface area contributed by atoms with Crippen molar-refractivity contribution in [2.75, 3.05) is 6.54 Å². The van der Waals surface area contributed by atoms with Crippen molar-refractivity contribution in [1.82, 2.24) is 10.6 Å². The minimum atomic E-state index is -0.265. The maximum atomic E-state index is 12.8. The smallest absolute Gasteiger partial charge is 0.222 e. The number of aryl methyl sites for hydroxylation is 1. The molecule has 150 valence electrons. The maximum Gasteiger partial charge on any atom is 0.222 e.